The highest BCUT2D eigenvalue weighted by molar-refractivity contribution is 6.32. The number of anilines is 2. The second-order valence-corrected chi connectivity index (χ2v) is 5.28. The van der Waals surface area contributed by atoms with Crippen LogP contribution in [-0.2, 0) is 9.59 Å². The van der Waals surface area contributed by atoms with Crippen molar-refractivity contribution in [2.24, 2.45) is 0 Å². The molecule has 2 amide bonds. The molecule has 0 saturated heterocycles. The van der Waals surface area contributed by atoms with Crippen molar-refractivity contribution in [2.75, 3.05) is 10.6 Å². The van der Waals surface area contributed by atoms with Crippen LogP contribution in [0.4, 0.5) is 24.5 Å². The van der Waals surface area contributed by atoms with Gasteiger partial charge in [-0.05, 0) is 42.0 Å². The molecule has 25 heavy (non-hydrogen) atoms. The molecule has 0 aliphatic heterocycles. The van der Waals surface area contributed by atoms with E-state index in [1.54, 1.807) is 29.6 Å². The van der Waals surface area contributed by atoms with Crippen molar-refractivity contribution in [3.05, 3.63) is 65.2 Å². The van der Waals surface area contributed by atoms with Crippen molar-refractivity contribution >= 4 is 40.9 Å². The summed E-state index contributed by atoms with van der Waals surface area (Å²) in [6, 6.07) is 12.2. The molecule has 0 atom stereocenters. The molecule has 0 heterocycles. The lowest BCUT2D eigenvalue weighted by Gasteiger charge is -2.08. The molecule has 0 aliphatic carbocycles. The van der Waals surface area contributed by atoms with Crippen molar-refractivity contribution in [1.82, 2.24) is 0 Å². The van der Waals surface area contributed by atoms with Crippen LogP contribution in [0.15, 0.2) is 54.6 Å². The van der Waals surface area contributed by atoms with Crippen molar-refractivity contribution in [3.63, 3.8) is 0 Å². The number of carbonyl (C=O) groups is 2. The van der Waals surface area contributed by atoms with Gasteiger partial charge in [-0.25, -0.2) is 0 Å². The molecule has 0 fully saturated rings. The third kappa shape index (κ3) is 5.65. The second kappa shape index (κ2) is 7.85. The molecule has 2 aromatic carbocycles. The molecular formula is C17H12ClF3N2O2. The summed E-state index contributed by atoms with van der Waals surface area (Å²) >= 11 is 5.96. The first-order chi connectivity index (χ1) is 11.8. The normalized spacial score (nSPS) is 11.4. The number of halogens is 4. The third-order valence-electron chi connectivity index (χ3n) is 2.99. The Kier molecular flexibility index (Phi) is 5.82. The van der Waals surface area contributed by atoms with Crippen molar-refractivity contribution in [2.45, 2.75) is 6.18 Å². The topological polar surface area (TPSA) is 58.2 Å². The molecular weight excluding hydrogens is 357 g/mol. The van der Waals surface area contributed by atoms with Crippen LogP contribution in [0.3, 0.4) is 0 Å². The van der Waals surface area contributed by atoms with Gasteiger partial charge in [0.05, 0.1) is 0 Å². The zero-order valence-electron chi connectivity index (χ0n) is 12.6. The fourth-order valence-electron chi connectivity index (χ4n) is 1.80. The van der Waals surface area contributed by atoms with E-state index < -0.39 is 18.0 Å². The van der Waals surface area contributed by atoms with Gasteiger partial charge in [0.15, 0.2) is 0 Å². The predicted octanol–water partition coefficient (Wildman–Crippen LogP) is 4.49. The van der Waals surface area contributed by atoms with E-state index >= 15 is 0 Å². The van der Waals surface area contributed by atoms with Crippen LogP contribution in [0, 0.1) is 0 Å². The maximum Gasteiger partial charge on any atom is 0.471 e. The number of hydrogen-bond donors (Lipinski definition) is 2. The first kappa shape index (κ1) is 18.5. The molecule has 2 aromatic rings. The Morgan fingerprint density at radius 2 is 1.48 bits per heavy atom. The molecule has 0 spiro atoms. The Hall–Kier alpha value is -2.80. The van der Waals surface area contributed by atoms with Gasteiger partial charge in [-0.2, -0.15) is 13.2 Å². The minimum atomic E-state index is -4.96. The van der Waals surface area contributed by atoms with Crippen LogP contribution in [0.2, 0.25) is 5.02 Å². The van der Waals surface area contributed by atoms with Crippen LogP contribution in [0.25, 0.3) is 6.08 Å². The summed E-state index contributed by atoms with van der Waals surface area (Å²) in [6.45, 7) is 0. The zero-order valence-corrected chi connectivity index (χ0v) is 13.4. The quantitative estimate of drug-likeness (QED) is 0.781. The molecule has 0 aromatic heterocycles. The molecule has 0 saturated carbocycles. The Morgan fingerprint density at radius 1 is 0.920 bits per heavy atom. The summed E-state index contributed by atoms with van der Waals surface area (Å²) in [5.74, 6) is -2.50. The highest BCUT2D eigenvalue weighted by Crippen LogP contribution is 2.20. The highest BCUT2D eigenvalue weighted by atomic mass is 35.5. The minimum Gasteiger partial charge on any atom is -0.323 e. The van der Waals surface area contributed by atoms with Crippen LogP contribution < -0.4 is 10.6 Å². The first-order valence-electron chi connectivity index (χ1n) is 6.97. The Morgan fingerprint density at radius 3 is 2.04 bits per heavy atom. The van der Waals surface area contributed by atoms with Gasteiger partial charge >= 0.3 is 12.1 Å². The molecule has 0 aliphatic rings. The second-order valence-electron chi connectivity index (χ2n) is 4.87. The Bertz CT molecular complexity index is 802. The molecule has 0 radical (unpaired) electrons. The van der Waals surface area contributed by atoms with E-state index in [0.717, 1.165) is 0 Å². The van der Waals surface area contributed by atoms with Crippen LogP contribution in [0.1, 0.15) is 5.56 Å². The highest BCUT2D eigenvalue weighted by Gasteiger charge is 2.38. The van der Waals surface area contributed by atoms with Gasteiger partial charge in [0, 0.05) is 22.5 Å². The predicted molar refractivity (Wildman–Crippen MR) is 90.2 cm³/mol. The zero-order chi connectivity index (χ0) is 18.4. The van der Waals surface area contributed by atoms with Gasteiger partial charge in [0.1, 0.15) is 0 Å². The molecule has 4 nitrogen and oxygen atoms in total. The van der Waals surface area contributed by atoms with Crippen molar-refractivity contribution in [1.29, 1.82) is 0 Å². The van der Waals surface area contributed by atoms with Gasteiger partial charge in [0.2, 0.25) is 5.91 Å². The number of alkyl halides is 3. The summed E-state index contributed by atoms with van der Waals surface area (Å²) in [4.78, 5) is 22.7. The summed E-state index contributed by atoms with van der Waals surface area (Å²) in [7, 11) is 0. The van der Waals surface area contributed by atoms with E-state index in [1.807, 2.05) is 0 Å². The maximum atomic E-state index is 12.2. The number of amides is 2. The lowest BCUT2D eigenvalue weighted by molar-refractivity contribution is -0.167. The average Bonchev–Trinajstić information content (AvgIpc) is 2.55. The lowest BCUT2D eigenvalue weighted by Crippen LogP contribution is -2.29. The van der Waals surface area contributed by atoms with Gasteiger partial charge in [-0.15, -0.1) is 0 Å². The van der Waals surface area contributed by atoms with E-state index in [0.29, 0.717) is 16.3 Å². The average molecular weight is 369 g/mol. The molecule has 8 heteroatoms. The first-order valence-corrected chi connectivity index (χ1v) is 7.35. The third-order valence-corrected chi connectivity index (χ3v) is 3.33. The lowest BCUT2D eigenvalue weighted by atomic mass is 10.2. The Labute approximate surface area is 146 Å². The van der Waals surface area contributed by atoms with Crippen molar-refractivity contribution in [3.8, 4) is 0 Å². The molecule has 0 unspecified atom stereocenters. The maximum absolute atomic E-state index is 12.2. The summed E-state index contributed by atoms with van der Waals surface area (Å²) in [5.41, 5.74) is 0.996. The van der Waals surface area contributed by atoms with Crippen LogP contribution in [0.5, 0.6) is 0 Å². The number of benzene rings is 2. The largest absolute Gasteiger partial charge is 0.471 e. The molecule has 0 bridgehead atoms. The number of rotatable bonds is 4. The monoisotopic (exact) mass is 368 g/mol. The minimum absolute atomic E-state index is 0.0352. The molecule has 2 rings (SSSR count). The van der Waals surface area contributed by atoms with E-state index in [9.17, 15) is 22.8 Å². The van der Waals surface area contributed by atoms with Crippen LogP contribution in [-0.4, -0.2) is 18.0 Å². The summed E-state index contributed by atoms with van der Waals surface area (Å²) < 4.78 is 36.5. The van der Waals surface area contributed by atoms with Gasteiger partial charge in [0.25, 0.3) is 0 Å². The van der Waals surface area contributed by atoms with E-state index in [-0.39, 0.29) is 5.69 Å². The van der Waals surface area contributed by atoms with Crippen LogP contribution >= 0.6 is 11.6 Å². The van der Waals surface area contributed by atoms with E-state index in [2.05, 4.69) is 5.32 Å². The summed E-state index contributed by atoms with van der Waals surface area (Å²) in [6.07, 6.45) is -2.15. The fraction of sp³-hybridized carbons (Fsp3) is 0.0588. The number of nitrogens with one attached hydrogen (secondary N) is 2. The molecule has 2 N–H and O–H groups in total. The van der Waals surface area contributed by atoms with E-state index in [4.69, 9.17) is 11.6 Å². The summed E-state index contributed by atoms with van der Waals surface area (Å²) in [5, 5.41) is 4.75. The van der Waals surface area contributed by atoms with Crippen molar-refractivity contribution < 1.29 is 22.8 Å². The fourth-order valence-corrected chi connectivity index (χ4v) is 2.00. The SMILES string of the molecule is O=C(/C=C/c1ccccc1Cl)Nc1ccc(NC(=O)C(F)(F)F)cc1. The smallest absolute Gasteiger partial charge is 0.323 e. The number of hydrogen-bond acceptors (Lipinski definition) is 2. The van der Waals surface area contributed by atoms with E-state index in [1.165, 1.54) is 36.4 Å². The molecule has 130 valence electrons. The van der Waals surface area contributed by atoms with Gasteiger partial charge in [-0.3, -0.25) is 9.59 Å². The Balaban J connectivity index is 1.96. The standard InChI is InChI=1S/C17H12ClF3N2O2/c18-14-4-2-1-3-11(14)5-10-15(24)22-12-6-8-13(9-7-12)23-16(25)17(19,20)21/h1-10H,(H,22,24)(H,23,25)/b10-5+. The van der Waals surface area contributed by atoms with Gasteiger partial charge < -0.3 is 10.6 Å². The number of carbonyl (C=O) groups excluding carboxylic acids is 2. The van der Waals surface area contributed by atoms with Gasteiger partial charge in [-0.1, -0.05) is 29.8 Å².